The van der Waals surface area contributed by atoms with Crippen LogP contribution in [0.5, 0.6) is 5.75 Å². The number of aliphatic hydroxyl groups is 1. The molecule has 0 saturated heterocycles. The zero-order chi connectivity index (χ0) is 15.7. The minimum absolute atomic E-state index is 0.158. The van der Waals surface area contributed by atoms with Gasteiger partial charge in [-0.25, -0.2) is 0 Å². The zero-order valence-corrected chi connectivity index (χ0v) is 13.6. The van der Waals surface area contributed by atoms with E-state index in [1.165, 1.54) is 11.1 Å². The molecule has 0 aliphatic carbocycles. The van der Waals surface area contributed by atoms with Crippen molar-refractivity contribution in [3.05, 3.63) is 46.3 Å². The monoisotopic (exact) mass is 288 g/mol. The van der Waals surface area contributed by atoms with Crippen LogP contribution in [0.25, 0.3) is 0 Å². The number of benzene rings is 1. The maximum absolute atomic E-state index is 10.9. The number of hydrogen-bond acceptors (Lipinski definition) is 3. The molecule has 1 aromatic heterocycles. The summed E-state index contributed by atoms with van der Waals surface area (Å²) in [4.78, 5) is 0. The van der Waals surface area contributed by atoms with E-state index in [1.807, 2.05) is 31.5 Å². The highest BCUT2D eigenvalue weighted by molar-refractivity contribution is 5.43. The van der Waals surface area contributed by atoms with E-state index in [1.54, 1.807) is 13.3 Å². The number of aliphatic hydroxyl groups excluding tert-OH is 1. The van der Waals surface area contributed by atoms with Crippen molar-refractivity contribution in [3.8, 4) is 5.75 Å². The fraction of sp³-hybridized carbons (Fsp3) is 0.471. The predicted molar refractivity (Wildman–Crippen MR) is 83.9 cm³/mol. The van der Waals surface area contributed by atoms with Crippen molar-refractivity contribution >= 4 is 0 Å². The van der Waals surface area contributed by atoms with Crippen LogP contribution in [-0.2, 0) is 0 Å². The van der Waals surface area contributed by atoms with Gasteiger partial charge in [0, 0.05) is 6.04 Å². The molecule has 0 amide bonds. The molecule has 2 aromatic rings. The van der Waals surface area contributed by atoms with Gasteiger partial charge in [-0.05, 0) is 56.9 Å². The van der Waals surface area contributed by atoms with Crippen LogP contribution in [0.4, 0.5) is 0 Å². The molecule has 1 aromatic carbocycles. The zero-order valence-electron chi connectivity index (χ0n) is 13.6. The second kappa shape index (κ2) is 5.90. The Bertz CT molecular complexity index is 644. The van der Waals surface area contributed by atoms with Crippen molar-refractivity contribution in [1.29, 1.82) is 0 Å². The molecule has 1 unspecified atom stereocenters. The van der Waals surface area contributed by atoms with Crippen LogP contribution in [0.1, 0.15) is 53.9 Å². The SMILES string of the molecule is COc1cnn(C(C)C)c1C(O)c1cc(C)c(C)cc1C. The molecule has 4 nitrogen and oxygen atoms in total. The number of hydrogen-bond donors (Lipinski definition) is 1. The Labute approximate surface area is 126 Å². The minimum Gasteiger partial charge on any atom is -0.493 e. The summed E-state index contributed by atoms with van der Waals surface area (Å²) in [5.41, 5.74) is 5.08. The molecular weight excluding hydrogens is 264 g/mol. The normalized spacial score (nSPS) is 12.8. The highest BCUT2D eigenvalue weighted by Crippen LogP contribution is 2.34. The maximum atomic E-state index is 10.9. The van der Waals surface area contributed by atoms with E-state index < -0.39 is 6.10 Å². The first-order chi connectivity index (χ1) is 9.86. The first kappa shape index (κ1) is 15.6. The van der Waals surface area contributed by atoms with Crippen LogP contribution in [0.3, 0.4) is 0 Å². The lowest BCUT2D eigenvalue weighted by Gasteiger charge is -2.20. The molecule has 0 saturated carbocycles. The first-order valence-electron chi connectivity index (χ1n) is 7.24. The van der Waals surface area contributed by atoms with Crippen LogP contribution in [0, 0.1) is 20.8 Å². The fourth-order valence-electron chi connectivity index (χ4n) is 2.61. The van der Waals surface area contributed by atoms with E-state index in [0.717, 1.165) is 11.1 Å². The van der Waals surface area contributed by atoms with Crippen LogP contribution >= 0.6 is 0 Å². The largest absolute Gasteiger partial charge is 0.493 e. The molecule has 114 valence electrons. The van der Waals surface area contributed by atoms with Gasteiger partial charge < -0.3 is 9.84 Å². The Hall–Kier alpha value is -1.81. The van der Waals surface area contributed by atoms with Crippen molar-refractivity contribution in [2.75, 3.05) is 7.11 Å². The Morgan fingerprint density at radius 1 is 1.10 bits per heavy atom. The van der Waals surface area contributed by atoms with Crippen LogP contribution < -0.4 is 4.74 Å². The summed E-state index contributed by atoms with van der Waals surface area (Å²) in [5.74, 6) is 0.619. The molecule has 0 fully saturated rings. The molecule has 21 heavy (non-hydrogen) atoms. The topological polar surface area (TPSA) is 47.3 Å². The van der Waals surface area contributed by atoms with Crippen molar-refractivity contribution in [1.82, 2.24) is 9.78 Å². The lowest BCUT2D eigenvalue weighted by molar-refractivity contribution is 0.199. The van der Waals surface area contributed by atoms with Crippen molar-refractivity contribution in [3.63, 3.8) is 0 Å². The first-order valence-corrected chi connectivity index (χ1v) is 7.24. The number of ether oxygens (including phenoxy) is 1. The summed E-state index contributed by atoms with van der Waals surface area (Å²) >= 11 is 0. The van der Waals surface area contributed by atoms with Crippen LogP contribution in [0.15, 0.2) is 18.3 Å². The second-order valence-electron chi connectivity index (χ2n) is 5.83. The summed E-state index contributed by atoms with van der Waals surface area (Å²) in [6.07, 6.45) is 0.915. The van der Waals surface area contributed by atoms with E-state index in [9.17, 15) is 5.11 Å². The fourth-order valence-corrected chi connectivity index (χ4v) is 2.61. The molecule has 1 atom stereocenters. The average Bonchev–Trinajstić information content (AvgIpc) is 2.86. The lowest BCUT2D eigenvalue weighted by Crippen LogP contribution is -2.14. The van der Waals surface area contributed by atoms with Crippen molar-refractivity contribution in [2.45, 2.75) is 46.8 Å². The summed E-state index contributed by atoms with van der Waals surface area (Å²) in [6, 6.07) is 4.31. The highest BCUT2D eigenvalue weighted by Gasteiger charge is 2.24. The predicted octanol–water partition coefficient (Wildman–Crippen LogP) is 3.48. The molecule has 0 aliphatic heterocycles. The summed E-state index contributed by atoms with van der Waals surface area (Å²) in [5, 5.41) is 15.2. The van der Waals surface area contributed by atoms with Crippen LogP contribution in [0.2, 0.25) is 0 Å². The van der Waals surface area contributed by atoms with Gasteiger partial charge in [-0.15, -0.1) is 0 Å². The van der Waals surface area contributed by atoms with E-state index in [2.05, 4.69) is 25.0 Å². The summed E-state index contributed by atoms with van der Waals surface area (Å²) in [6.45, 7) is 10.2. The number of rotatable bonds is 4. The van der Waals surface area contributed by atoms with Gasteiger partial charge in [0.15, 0.2) is 5.75 Å². The molecule has 0 radical (unpaired) electrons. The number of nitrogens with zero attached hydrogens (tertiary/aromatic N) is 2. The van der Waals surface area contributed by atoms with Gasteiger partial charge in [0.1, 0.15) is 11.8 Å². The number of aryl methyl sites for hydroxylation is 3. The summed E-state index contributed by atoms with van der Waals surface area (Å²) < 4.78 is 7.19. The standard InChI is InChI=1S/C17H24N2O2/c1-10(2)19-16(15(21-6)9-18-19)17(20)14-8-12(4)11(3)7-13(14)5/h7-10,17,20H,1-6H3. The van der Waals surface area contributed by atoms with Crippen molar-refractivity contribution in [2.24, 2.45) is 0 Å². The molecule has 1 N–H and O–H groups in total. The Morgan fingerprint density at radius 3 is 2.29 bits per heavy atom. The smallest absolute Gasteiger partial charge is 0.163 e. The number of aromatic nitrogens is 2. The number of methoxy groups -OCH3 is 1. The quantitative estimate of drug-likeness (QED) is 0.937. The van der Waals surface area contributed by atoms with E-state index in [-0.39, 0.29) is 6.04 Å². The Kier molecular flexibility index (Phi) is 4.37. The van der Waals surface area contributed by atoms with Gasteiger partial charge in [-0.1, -0.05) is 12.1 Å². The lowest BCUT2D eigenvalue weighted by atomic mass is 9.95. The molecule has 4 heteroatoms. The molecule has 0 bridgehead atoms. The third-order valence-corrected chi connectivity index (χ3v) is 3.94. The van der Waals surface area contributed by atoms with E-state index >= 15 is 0 Å². The molecule has 0 spiro atoms. The minimum atomic E-state index is -0.746. The van der Waals surface area contributed by atoms with Gasteiger partial charge in [0.05, 0.1) is 13.3 Å². The van der Waals surface area contributed by atoms with E-state index in [0.29, 0.717) is 11.4 Å². The third kappa shape index (κ3) is 2.81. The van der Waals surface area contributed by atoms with Gasteiger partial charge in [0.2, 0.25) is 0 Å². The Morgan fingerprint density at radius 2 is 1.71 bits per heavy atom. The van der Waals surface area contributed by atoms with Gasteiger partial charge in [-0.2, -0.15) is 5.10 Å². The molecule has 0 aliphatic rings. The molecule has 2 rings (SSSR count). The maximum Gasteiger partial charge on any atom is 0.163 e. The third-order valence-electron chi connectivity index (χ3n) is 3.94. The Balaban J connectivity index is 2.57. The molecular formula is C17H24N2O2. The van der Waals surface area contributed by atoms with Crippen LogP contribution in [-0.4, -0.2) is 22.0 Å². The highest BCUT2D eigenvalue weighted by atomic mass is 16.5. The van der Waals surface area contributed by atoms with E-state index in [4.69, 9.17) is 4.74 Å². The summed E-state index contributed by atoms with van der Waals surface area (Å²) in [7, 11) is 1.60. The van der Waals surface area contributed by atoms with Crippen molar-refractivity contribution < 1.29 is 9.84 Å². The molecule has 1 heterocycles. The van der Waals surface area contributed by atoms with Gasteiger partial charge >= 0.3 is 0 Å². The average molecular weight is 288 g/mol. The second-order valence-corrected chi connectivity index (χ2v) is 5.83. The van der Waals surface area contributed by atoms with Gasteiger partial charge in [-0.3, -0.25) is 4.68 Å². The van der Waals surface area contributed by atoms with Gasteiger partial charge in [0.25, 0.3) is 0 Å².